The first-order chi connectivity index (χ1) is 15.2. The number of aromatic amines is 1. The van der Waals surface area contributed by atoms with Crippen molar-refractivity contribution in [2.24, 2.45) is 5.92 Å². The Hall–Kier alpha value is -2.88. The first-order valence-corrected chi connectivity index (χ1v) is 11.6. The van der Waals surface area contributed by atoms with Gasteiger partial charge in [-0.15, -0.1) is 0 Å². The Morgan fingerprint density at radius 2 is 2.28 bits per heavy atom. The van der Waals surface area contributed by atoms with Gasteiger partial charge in [0.25, 0.3) is 0 Å². The number of ether oxygens (including phenoxy) is 1. The molecule has 1 amide bonds. The van der Waals surface area contributed by atoms with Crippen molar-refractivity contribution in [2.45, 2.75) is 52.1 Å². The van der Waals surface area contributed by atoms with Gasteiger partial charge in [0.1, 0.15) is 5.60 Å². The Balaban J connectivity index is 1.51. The average molecular weight is 462 g/mol. The Labute approximate surface area is 191 Å². The van der Waals surface area contributed by atoms with Crippen LogP contribution in [0.25, 0.3) is 6.08 Å². The maximum atomic E-state index is 11.9. The maximum absolute atomic E-state index is 11.9. The van der Waals surface area contributed by atoms with E-state index in [1.807, 2.05) is 32.9 Å². The lowest BCUT2D eigenvalue weighted by Gasteiger charge is -2.33. The van der Waals surface area contributed by atoms with E-state index >= 15 is 0 Å². The van der Waals surface area contributed by atoms with E-state index in [-0.39, 0.29) is 16.8 Å². The zero-order valence-electron chi connectivity index (χ0n) is 18.8. The third kappa shape index (κ3) is 7.37. The number of piperidine rings is 1. The highest BCUT2D eigenvalue weighted by atomic mass is 32.1. The smallest absolute Gasteiger partial charge is 0.407 e. The topological polar surface area (TPSA) is 120 Å². The minimum Gasteiger partial charge on any atom is -0.493 e. The number of thiazole rings is 1. The molecular weight excluding hydrogens is 430 g/mol. The van der Waals surface area contributed by atoms with Crippen LogP contribution in [0.3, 0.4) is 0 Å². The van der Waals surface area contributed by atoms with E-state index in [0.29, 0.717) is 23.3 Å². The molecule has 1 unspecified atom stereocenters. The van der Waals surface area contributed by atoms with Crippen molar-refractivity contribution in [3.8, 4) is 5.88 Å². The summed E-state index contributed by atoms with van der Waals surface area (Å²) in [6.07, 6.45) is 8.55. The molecule has 0 radical (unpaired) electrons. The molecule has 3 heterocycles. The summed E-state index contributed by atoms with van der Waals surface area (Å²) in [6, 6.07) is 1.90. The van der Waals surface area contributed by atoms with E-state index in [0.717, 1.165) is 55.8 Å². The highest BCUT2D eigenvalue weighted by Crippen LogP contribution is 2.21. The van der Waals surface area contributed by atoms with Gasteiger partial charge in [0, 0.05) is 31.5 Å². The van der Waals surface area contributed by atoms with Crippen molar-refractivity contribution in [3.05, 3.63) is 38.6 Å². The number of nitrogens with zero attached hydrogens (tertiary/aromatic N) is 3. The zero-order valence-corrected chi connectivity index (χ0v) is 19.6. The molecule has 1 atom stereocenters. The number of hydrogen-bond donors (Lipinski definition) is 3. The fourth-order valence-electron chi connectivity index (χ4n) is 3.50. The van der Waals surface area contributed by atoms with E-state index in [9.17, 15) is 14.7 Å². The number of anilines is 1. The summed E-state index contributed by atoms with van der Waals surface area (Å²) in [4.78, 5) is 37.1. The third-order valence-electron chi connectivity index (χ3n) is 4.93. The third-order valence-corrected chi connectivity index (χ3v) is 5.77. The largest absolute Gasteiger partial charge is 0.493 e. The molecule has 1 saturated heterocycles. The fourth-order valence-corrected chi connectivity index (χ4v) is 4.16. The predicted octanol–water partition coefficient (Wildman–Crippen LogP) is 3.32. The van der Waals surface area contributed by atoms with Crippen molar-refractivity contribution in [1.82, 2.24) is 20.3 Å². The monoisotopic (exact) mass is 461 g/mol. The Bertz CT molecular complexity index is 995. The van der Waals surface area contributed by atoms with E-state index in [2.05, 4.69) is 20.2 Å². The van der Waals surface area contributed by atoms with E-state index in [1.165, 1.54) is 0 Å². The Kier molecular flexibility index (Phi) is 7.89. The molecule has 3 rings (SSSR count). The number of hydrogen-bond acceptors (Lipinski definition) is 8. The standard InChI is InChI=1S/C22H31N5O4S/c1-22(2,3)31-20(29)24-13-15-7-6-12-27(14-15)19-23-11-10-16(25-19)8-4-5-9-17-18(28)26-21(30)32-17/h5,9-11,15,28H,4,6-8,12-14H2,1-3H3,(H,24,29)(H,26,30). The molecule has 2 aromatic rings. The lowest BCUT2D eigenvalue weighted by Crippen LogP contribution is -2.42. The summed E-state index contributed by atoms with van der Waals surface area (Å²) < 4.78 is 5.31. The van der Waals surface area contributed by atoms with Gasteiger partial charge in [-0.25, -0.2) is 14.8 Å². The van der Waals surface area contributed by atoms with Crippen LogP contribution >= 0.6 is 11.3 Å². The number of allylic oxidation sites excluding steroid dienone is 1. The first kappa shape index (κ1) is 23.8. The molecule has 0 saturated carbocycles. The number of H-pyrrole nitrogens is 1. The van der Waals surface area contributed by atoms with Crippen molar-refractivity contribution in [1.29, 1.82) is 0 Å². The molecule has 9 nitrogen and oxygen atoms in total. The maximum Gasteiger partial charge on any atom is 0.407 e. The quantitative estimate of drug-likeness (QED) is 0.578. The molecule has 0 aliphatic carbocycles. The van der Waals surface area contributed by atoms with Gasteiger partial charge in [-0.3, -0.25) is 9.78 Å². The molecule has 0 spiro atoms. The number of rotatable bonds is 7. The molecule has 3 N–H and O–H groups in total. The molecule has 10 heteroatoms. The summed E-state index contributed by atoms with van der Waals surface area (Å²) in [5, 5.41) is 12.5. The van der Waals surface area contributed by atoms with Crippen LogP contribution in [-0.2, 0) is 11.2 Å². The number of nitrogens with one attached hydrogen (secondary N) is 2. The summed E-state index contributed by atoms with van der Waals surface area (Å²) in [6.45, 7) is 7.78. The second-order valence-electron chi connectivity index (χ2n) is 8.85. The number of aromatic nitrogens is 3. The SMILES string of the molecule is CC(C)(C)OC(=O)NCC1CCCN(c2nccc(CCC=Cc3sc(=O)[nH]c3O)n2)C1. The van der Waals surface area contributed by atoms with Gasteiger partial charge in [0.15, 0.2) is 0 Å². The number of aryl methyl sites for hydroxylation is 1. The molecule has 32 heavy (non-hydrogen) atoms. The number of amides is 1. The van der Waals surface area contributed by atoms with Crippen LogP contribution in [0.2, 0.25) is 0 Å². The van der Waals surface area contributed by atoms with Gasteiger partial charge < -0.3 is 20.1 Å². The zero-order chi connectivity index (χ0) is 23.1. The molecule has 1 fully saturated rings. The van der Waals surface area contributed by atoms with Crippen molar-refractivity contribution in [3.63, 3.8) is 0 Å². The van der Waals surface area contributed by atoms with Crippen LogP contribution in [0.15, 0.2) is 23.1 Å². The van der Waals surface area contributed by atoms with E-state index < -0.39 is 5.60 Å². The number of carbonyl (C=O) groups is 1. The number of carbonyl (C=O) groups excluding carboxylic acids is 1. The average Bonchev–Trinajstić information content (AvgIpc) is 3.06. The van der Waals surface area contributed by atoms with Crippen LogP contribution in [0.1, 0.15) is 50.6 Å². The molecule has 174 valence electrons. The van der Waals surface area contributed by atoms with Gasteiger partial charge in [-0.2, -0.15) is 0 Å². The van der Waals surface area contributed by atoms with Gasteiger partial charge >= 0.3 is 11.0 Å². The second-order valence-corrected chi connectivity index (χ2v) is 9.87. The molecule has 1 aliphatic heterocycles. The van der Waals surface area contributed by atoms with Gasteiger partial charge in [-0.1, -0.05) is 17.4 Å². The Morgan fingerprint density at radius 3 is 3.00 bits per heavy atom. The Morgan fingerprint density at radius 1 is 1.47 bits per heavy atom. The molecule has 0 bridgehead atoms. The van der Waals surface area contributed by atoms with Crippen molar-refractivity contribution < 1.29 is 14.6 Å². The van der Waals surface area contributed by atoms with Crippen molar-refractivity contribution in [2.75, 3.05) is 24.5 Å². The van der Waals surface area contributed by atoms with Crippen LogP contribution in [0.4, 0.5) is 10.7 Å². The molecule has 2 aromatic heterocycles. The lowest BCUT2D eigenvalue weighted by molar-refractivity contribution is 0.0517. The lowest BCUT2D eigenvalue weighted by atomic mass is 9.98. The molecule has 1 aliphatic rings. The highest BCUT2D eigenvalue weighted by molar-refractivity contribution is 7.10. The van der Waals surface area contributed by atoms with Crippen LogP contribution in [0.5, 0.6) is 5.88 Å². The minimum absolute atomic E-state index is 0.0959. The van der Waals surface area contributed by atoms with Crippen LogP contribution in [0, 0.1) is 5.92 Å². The predicted molar refractivity (Wildman–Crippen MR) is 125 cm³/mol. The van der Waals surface area contributed by atoms with E-state index in [4.69, 9.17) is 9.72 Å². The van der Waals surface area contributed by atoms with Gasteiger partial charge in [-0.05, 0) is 64.5 Å². The fraction of sp³-hybridized carbons (Fsp3) is 0.545. The van der Waals surface area contributed by atoms with Gasteiger partial charge in [0.2, 0.25) is 11.8 Å². The molecular formula is C22H31N5O4S. The summed E-state index contributed by atoms with van der Waals surface area (Å²) >= 11 is 0.976. The number of aromatic hydroxyl groups is 1. The van der Waals surface area contributed by atoms with E-state index in [1.54, 1.807) is 12.3 Å². The van der Waals surface area contributed by atoms with Crippen molar-refractivity contribution >= 4 is 29.5 Å². The van der Waals surface area contributed by atoms with Crippen LogP contribution < -0.4 is 15.1 Å². The highest BCUT2D eigenvalue weighted by Gasteiger charge is 2.23. The van der Waals surface area contributed by atoms with Crippen LogP contribution in [-0.4, -0.2) is 51.4 Å². The van der Waals surface area contributed by atoms with Gasteiger partial charge in [0.05, 0.1) is 4.88 Å². The minimum atomic E-state index is -0.506. The second kappa shape index (κ2) is 10.6. The summed E-state index contributed by atoms with van der Waals surface area (Å²) in [5.41, 5.74) is 0.424. The first-order valence-electron chi connectivity index (χ1n) is 10.8. The number of alkyl carbamates (subject to hydrolysis) is 1. The molecule has 0 aromatic carbocycles. The normalized spacial score (nSPS) is 17.0. The summed E-state index contributed by atoms with van der Waals surface area (Å²) in [7, 11) is 0. The summed E-state index contributed by atoms with van der Waals surface area (Å²) in [5.74, 6) is 0.920.